The minimum absolute atomic E-state index is 0.243. The van der Waals surface area contributed by atoms with Gasteiger partial charge in [-0.05, 0) is 18.8 Å². The van der Waals surface area contributed by atoms with Gasteiger partial charge in [0.05, 0.1) is 25.9 Å². The molecule has 0 aromatic carbocycles. The fraction of sp³-hybridized carbons (Fsp3) is 1.00. The van der Waals surface area contributed by atoms with Crippen LogP contribution in [-0.4, -0.2) is 49.0 Å². The second-order valence-corrected chi connectivity index (χ2v) is 4.56. The van der Waals surface area contributed by atoms with E-state index in [0.717, 1.165) is 19.1 Å². The van der Waals surface area contributed by atoms with Crippen molar-refractivity contribution in [2.24, 2.45) is 5.92 Å². The average molecular weight is 199 g/mol. The lowest BCUT2D eigenvalue weighted by molar-refractivity contribution is -0.0330. The normalized spacial score (nSPS) is 31.1. The first kappa shape index (κ1) is 10.4. The van der Waals surface area contributed by atoms with Crippen molar-refractivity contribution in [1.29, 1.82) is 0 Å². The molecule has 0 spiro atoms. The summed E-state index contributed by atoms with van der Waals surface area (Å²) < 4.78 is 5.37. The fourth-order valence-electron chi connectivity index (χ4n) is 2.62. The minimum atomic E-state index is 0.243. The Kier molecular flexibility index (Phi) is 3.79. The van der Waals surface area contributed by atoms with Gasteiger partial charge in [-0.1, -0.05) is 12.8 Å². The van der Waals surface area contributed by atoms with Gasteiger partial charge >= 0.3 is 0 Å². The van der Waals surface area contributed by atoms with Crippen LogP contribution in [-0.2, 0) is 4.74 Å². The standard InChI is InChI=1S/C11H21NO2/c13-8-11-9-14-6-5-12(11)7-10-3-1-2-4-10/h10-11,13H,1-9H2. The molecule has 1 saturated heterocycles. The van der Waals surface area contributed by atoms with E-state index < -0.39 is 0 Å². The molecule has 82 valence electrons. The van der Waals surface area contributed by atoms with E-state index in [0.29, 0.717) is 6.61 Å². The molecule has 2 fully saturated rings. The van der Waals surface area contributed by atoms with E-state index >= 15 is 0 Å². The van der Waals surface area contributed by atoms with Crippen molar-refractivity contribution in [3.8, 4) is 0 Å². The Labute approximate surface area is 86.0 Å². The van der Waals surface area contributed by atoms with Crippen LogP contribution in [0.25, 0.3) is 0 Å². The molecule has 1 heterocycles. The summed E-state index contributed by atoms with van der Waals surface area (Å²) in [6, 6.07) is 0.254. The molecule has 1 aliphatic heterocycles. The van der Waals surface area contributed by atoms with Gasteiger partial charge in [-0.25, -0.2) is 0 Å². The molecule has 1 N–H and O–H groups in total. The Morgan fingerprint density at radius 2 is 2.07 bits per heavy atom. The van der Waals surface area contributed by atoms with E-state index in [4.69, 9.17) is 4.74 Å². The third-order valence-electron chi connectivity index (χ3n) is 3.53. The summed E-state index contributed by atoms with van der Waals surface area (Å²) in [5.74, 6) is 0.877. The first-order valence-corrected chi connectivity index (χ1v) is 5.83. The Morgan fingerprint density at radius 3 is 2.79 bits per heavy atom. The zero-order valence-corrected chi connectivity index (χ0v) is 8.82. The van der Waals surface area contributed by atoms with Crippen LogP contribution in [0.5, 0.6) is 0 Å². The molecule has 2 aliphatic rings. The third kappa shape index (κ3) is 2.47. The number of hydrogen-bond donors (Lipinski definition) is 1. The molecule has 1 saturated carbocycles. The summed E-state index contributed by atoms with van der Waals surface area (Å²) in [5.41, 5.74) is 0. The van der Waals surface area contributed by atoms with Crippen molar-refractivity contribution < 1.29 is 9.84 Å². The van der Waals surface area contributed by atoms with Crippen molar-refractivity contribution in [3.05, 3.63) is 0 Å². The lowest BCUT2D eigenvalue weighted by Gasteiger charge is -2.36. The highest BCUT2D eigenvalue weighted by Gasteiger charge is 2.26. The van der Waals surface area contributed by atoms with E-state index in [1.54, 1.807) is 0 Å². The van der Waals surface area contributed by atoms with E-state index in [1.165, 1.54) is 32.2 Å². The number of nitrogens with zero attached hydrogens (tertiary/aromatic N) is 1. The summed E-state index contributed by atoms with van der Waals surface area (Å²) in [7, 11) is 0. The predicted octanol–water partition coefficient (Wildman–Crippen LogP) is 0.870. The molecule has 3 heteroatoms. The van der Waals surface area contributed by atoms with Crippen LogP contribution in [0.2, 0.25) is 0 Å². The molecular formula is C11H21NO2. The van der Waals surface area contributed by atoms with Gasteiger partial charge in [0.2, 0.25) is 0 Å². The van der Waals surface area contributed by atoms with Crippen LogP contribution in [0.4, 0.5) is 0 Å². The summed E-state index contributed by atoms with van der Waals surface area (Å²) >= 11 is 0. The molecule has 1 unspecified atom stereocenters. The zero-order valence-electron chi connectivity index (χ0n) is 8.82. The molecule has 0 radical (unpaired) electrons. The number of morpholine rings is 1. The van der Waals surface area contributed by atoms with Gasteiger partial charge in [0.15, 0.2) is 0 Å². The highest BCUT2D eigenvalue weighted by Crippen LogP contribution is 2.26. The van der Waals surface area contributed by atoms with E-state index in [1.807, 2.05) is 0 Å². The molecule has 0 bridgehead atoms. The van der Waals surface area contributed by atoms with Crippen LogP contribution >= 0.6 is 0 Å². The molecule has 1 aliphatic carbocycles. The highest BCUT2D eigenvalue weighted by atomic mass is 16.5. The smallest absolute Gasteiger partial charge is 0.0644 e. The number of rotatable bonds is 3. The first-order chi connectivity index (χ1) is 6.90. The minimum Gasteiger partial charge on any atom is -0.395 e. The molecule has 2 rings (SSSR count). The van der Waals surface area contributed by atoms with Gasteiger partial charge < -0.3 is 9.84 Å². The second-order valence-electron chi connectivity index (χ2n) is 4.56. The van der Waals surface area contributed by atoms with Crippen LogP contribution < -0.4 is 0 Å². The van der Waals surface area contributed by atoms with Gasteiger partial charge in [0.1, 0.15) is 0 Å². The molecular weight excluding hydrogens is 178 g/mol. The quantitative estimate of drug-likeness (QED) is 0.732. The highest BCUT2D eigenvalue weighted by molar-refractivity contribution is 4.79. The Bertz CT molecular complexity index is 169. The van der Waals surface area contributed by atoms with E-state index in [-0.39, 0.29) is 12.6 Å². The van der Waals surface area contributed by atoms with Crippen molar-refractivity contribution in [1.82, 2.24) is 4.90 Å². The first-order valence-electron chi connectivity index (χ1n) is 5.83. The number of aliphatic hydroxyl groups is 1. The second kappa shape index (κ2) is 5.10. The largest absolute Gasteiger partial charge is 0.395 e. The maximum absolute atomic E-state index is 9.21. The molecule has 0 amide bonds. The summed E-state index contributed by atoms with van der Waals surface area (Å²) in [6.07, 6.45) is 5.57. The zero-order chi connectivity index (χ0) is 9.80. The molecule has 0 aromatic heterocycles. The molecule has 0 aromatic rings. The third-order valence-corrected chi connectivity index (χ3v) is 3.53. The SMILES string of the molecule is OCC1COCCN1CC1CCCC1. The topological polar surface area (TPSA) is 32.7 Å². The lowest BCUT2D eigenvalue weighted by atomic mass is 10.1. The van der Waals surface area contributed by atoms with Gasteiger partial charge in [0.25, 0.3) is 0 Å². The summed E-state index contributed by atoms with van der Waals surface area (Å²) in [6.45, 7) is 3.97. The fourth-order valence-corrected chi connectivity index (χ4v) is 2.62. The van der Waals surface area contributed by atoms with Gasteiger partial charge in [-0.3, -0.25) is 4.90 Å². The average Bonchev–Trinajstić information content (AvgIpc) is 2.71. The van der Waals surface area contributed by atoms with Gasteiger partial charge in [-0.15, -0.1) is 0 Å². The monoisotopic (exact) mass is 199 g/mol. The Hall–Kier alpha value is -0.120. The van der Waals surface area contributed by atoms with Crippen LogP contribution in [0.1, 0.15) is 25.7 Å². The maximum Gasteiger partial charge on any atom is 0.0644 e. The summed E-state index contributed by atoms with van der Waals surface area (Å²) in [4.78, 5) is 2.42. The number of aliphatic hydroxyl groups excluding tert-OH is 1. The Balaban J connectivity index is 1.81. The lowest BCUT2D eigenvalue weighted by Crippen LogP contribution is -2.49. The summed E-state index contributed by atoms with van der Waals surface area (Å²) in [5, 5.41) is 9.21. The van der Waals surface area contributed by atoms with Crippen molar-refractivity contribution in [2.45, 2.75) is 31.7 Å². The molecule has 1 atom stereocenters. The van der Waals surface area contributed by atoms with Crippen LogP contribution in [0, 0.1) is 5.92 Å². The van der Waals surface area contributed by atoms with Crippen LogP contribution in [0.3, 0.4) is 0 Å². The maximum atomic E-state index is 9.21. The van der Waals surface area contributed by atoms with Crippen molar-refractivity contribution in [2.75, 3.05) is 32.9 Å². The molecule has 3 nitrogen and oxygen atoms in total. The van der Waals surface area contributed by atoms with Gasteiger partial charge in [-0.2, -0.15) is 0 Å². The molecule has 14 heavy (non-hydrogen) atoms. The van der Waals surface area contributed by atoms with Gasteiger partial charge in [0, 0.05) is 13.1 Å². The predicted molar refractivity (Wildman–Crippen MR) is 55.2 cm³/mol. The van der Waals surface area contributed by atoms with Crippen molar-refractivity contribution in [3.63, 3.8) is 0 Å². The van der Waals surface area contributed by atoms with E-state index in [2.05, 4.69) is 4.90 Å². The number of hydrogen-bond acceptors (Lipinski definition) is 3. The van der Waals surface area contributed by atoms with Crippen molar-refractivity contribution >= 4 is 0 Å². The van der Waals surface area contributed by atoms with E-state index in [9.17, 15) is 5.11 Å². The number of ether oxygens (including phenoxy) is 1. The Morgan fingerprint density at radius 1 is 1.29 bits per heavy atom. The van der Waals surface area contributed by atoms with Crippen LogP contribution in [0.15, 0.2) is 0 Å².